The lowest BCUT2D eigenvalue weighted by Gasteiger charge is -2.04. The van der Waals surface area contributed by atoms with Crippen LogP contribution in [0.5, 0.6) is 5.75 Å². The number of nitrogens with zero attached hydrogens (tertiary/aromatic N) is 3. The van der Waals surface area contributed by atoms with E-state index in [0.29, 0.717) is 12.3 Å². The van der Waals surface area contributed by atoms with Crippen molar-refractivity contribution in [3.05, 3.63) is 54.2 Å². The summed E-state index contributed by atoms with van der Waals surface area (Å²) in [5, 5.41) is 31.9. The van der Waals surface area contributed by atoms with Gasteiger partial charge in [-0.25, -0.2) is 0 Å². The van der Waals surface area contributed by atoms with E-state index in [1.54, 1.807) is 0 Å². The van der Waals surface area contributed by atoms with E-state index in [-0.39, 0.29) is 5.75 Å². The lowest BCUT2D eigenvalue weighted by atomic mass is 10.1. The minimum Gasteiger partial charge on any atom is -0.490 e. The summed E-state index contributed by atoms with van der Waals surface area (Å²) in [5.41, 5.74) is -1.81. The van der Waals surface area contributed by atoms with E-state index in [0.717, 1.165) is 19.2 Å². The van der Waals surface area contributed by atoms with Crippen molar-refractivity contribution < 1.29 is 19.5 Å². The second-order valence-electron chi connectivity index (χ2n) is 3.16. The summed E-state index contributed by atoms with van der Waals surface area (Å²) in [6.07, 6.45) is 1.08. The Balaban J connectivity index is 3.62. The molecule has 0 aliphatic heterocycles. The fourth-order valence-electron chi connectivity index (χ4n) is 1.39. The SMILES string of the molecule is COc1ccc([N+](=O)[O-])c(C=C[N+](=O)[O-])c1[N+](=O)[O-]. The van der Waals surface area contributed by atoms with Crippen LogP contribution in [0.4, 0.5) is 11.4 Å². The molecule has 0 atom stereocenters. The number of methoxy groups -OCH3 is 1. The highest BCUT2D eigenvalue weighted by Crippen LogP contribution is 2.37. The highest BCUT2D eigenvalue weighted by molar-refractivity contribution is 5.74. The zero-order chi connectivity index (χ0) is 14.6. The first-order valence-corrected chi connectivity index (χ1v) is 4.70. The van der Waals surface area contributed by atoms with Gasteiger partial charge in [0, 0.05) is 12.1 Å². The Morgan fingerprint density at radius 1 is 1.11 bits per heavy atom. The molecule has 0 saturated carbocycles. The monoisotopic (exact) mass is 269 g/mol. The van der Waals surface area contributed by atoms with Crippen LogP contribution in [0.1, 0.15) is 5.56 Å². The van der Waals surface area contributed by atoms with Crippen molar-refractivity contribution in [2.24, 2.45) is 0 Å². The molecule has 1 aromatic carbocycles. The maximum absolute atomic E-state index is 10.9. The Morgan fingerprint density at radius 3 is 2.16 bits per heavy atom. The van der Waals surface area contributed by atoms with Crippen molar-refractivity contribution in [1.82, 2.24) is 0 Å². The Hall–Kier alpha value is -3.04. The van der Waals surface area contributed by atoms with Crippen LogP contribution in [0.2, 0.25) is 0 Å². The fourth-order valence-corrected chi connectivity index (χ4v) is 1.39. The van der Waals surface area contributed by atoms with E-state index in [1.807, 2.05) is 0 Å². The number of rotatable bonds is 5. The first-order chi connectivity index (χ1) is 8.88. The average Bonchev–Trinajstić information content (AvgIpc) is 2.34. The second kappa shape index (κ2) is 5.53. The predicted molar refractivity (Wildman–Crippen MR) is 62.3 cm³/mol. The lowest BCUT2D eigenvalue weighted by Crippen LogP contribution is -2.01. The van der Waals surface area contributed by atoms with Gasteiger partial charge in [-0.2, -0.15) is 0 Å². The van der Waals surface area contributed by atoms with Gasteiger partial charge in [0.05, 0.1) is 21.9 Å². The van der Waals surface area contributed by atoms with Crippen LogP contribution >= 0.6 is 0 Å². The van der Waals surface area contributed by atoms with Crippen LogP contribution in [-0.4, -0.2) is 21.9 Å². The van der Waals surface area contributed by atoms with E-state index in [9.17, 15) is 30.3 Å². The average molecular weight is 269 g/mol. The molecule has 0 aliphatic carbocycles. The van der Waals surface area contributed by atoms with Gasteiger partial charge in [0.15, 0.2) is 5.75 Å². The summed E-state index contributed by atoms with van der Waals surface area (Å²) >= 11 is 0. The van der Waals surface area contributed by atoms with E-state index in [4.69, 9.17) is 4.74 Å². The van der Waals surface area contributed by atoms with Crippen molar-refractivity contribution in [3.63, 3.8) is 0 Å². The second-order valence-corrected chi connectivity index (χ2v) is 3.16. The number of nitro benzene ring substituents is 2. The Kier molecular flexibility index (Phi) is 4.08. The maximum Gasteiger partial charge on any atom is 0.325 e. The zero-order valence-corrected chi connectivity index (χ0v) is 9.51. The van der Waals surface area contributed by atoms with Crippen LogP contribution in [-0.2, 0) is 0 Å². The van der Waals surface area contributed by atoms with Crippen molar-refractivity contribution in [2.75, 3.05) is 7.11 Å². The van der Waals surface area contributed by atoms with Crippen molar-refractivity contribution in [3.8, 4) is 5.75 Å². The summed E-state index contributed by atoms with van der Waals surface area (Å²) in [7, 11) is 1.15. The third kappa shape index (κ3) is 3.00. The molecule has 10 nitrogen and oxygen atoms in total. The normalized spacial score (nSPS) is 10.4. The smallest absolute Gasteiger partial charge is 0.325 e. The first-order valence-electron chi connectivity index (χ1n) is 4.70. The molecule has 0 aliphatic rings. The van der Waals surface area contributed by atoms with Gasteiger partial charge in [0.25, 0.3) is 5.69 Å². The van der Waals surface area contributed by atoms with Crippen molar-refractivity contribution in [2.45, 2.75) is 0 Å². The van der Waals surface area contributed by atoms with E-state index in [1.165, 1.54) is 0 Å². The minimum atomic E-state index is -0.897. The molecule has 10 heteroatoms. The molecule has 19 heavy (non-hydrogen) atoms. The van der Waals surface area contributed by atoms with Gasteiger partial charge in [-0.3, -0.25) is 30.3 Å². The van der Waals surface area contributed by atoms with Gasteiger partial charge < -0.3 is 4.74 Å². The third-order valence-corrected chi connectivity index (χ3v) is 2.12. The number of ether oxygens (including phenoxy) is 1. The van der Waals surface area contributed by atoms with Gasteiger partial charge in [0.1, 0.15) is 5.56 Å². The molecule has 0 radical (unpaired) electrons. The van der Waals surface area contributed by atoms with Gasteiger partial charge in [-0.1, -0.05) is 0 Å². The summed E-state index contributed by atoms with van der Waals surface area (Å²) in [6.45, 7) is 0. The summed E-state index contributed by atoms with van der Waals surface area (Å²) < 4.78 is 4.72. The predicted octanol–water partition coefficient (Wildman–Crippen LogP) is 1.76. The Morgan fingerprint density at radius 2 is 1.74 bits per heavy atom. The highest BCUT2D eigenvalue weighted by Gasteiger charge is 2.28. The Labute approximate surface area is 105 Å². The summed E-state index contributed by atoms with van der Waals surface area (Å²) in [6, 6.07) is 2.03. The molecule has 0 heterocycles. The number of hydrogen-bond acceptors (Lipinski definition) is 7. The molecule has 0 fully saturated rings. The number of hydrogen-bond donors (Lipinski definition) is 0. The van der Waals surface area contributed by atoms with E-state index < -0.39 is 31.7 Å². The van der Waals surface area contributed by atoms with Gasteiger partial charge in [-0.15, -0.1) is 0 Å². The molecule has 0 aromatic heterocycles. The van der Waals surface area contributed by atoms with Gasteiger partial charge in [0.2, 0.25) is 6.20 Å². The molecule has 0 amide bonds. The largest absolute Gasteiger partial charge is 0.490 e. The molecular weight excluding hydrogens is 262 g/mol. The van der Waals surface area contributed by atoms with Gasteiger partial charge >= 0.3 is 5.69 Å². The van der Waals surface area contributed by atoms with Gasteiger partial charge in [-0.05, 0) is 6.07 Å². The highest BCUT2D eigenvalue weighted by atomic mass is 16.6. The maximum atomic E-state index is 10.9. The van der Waals surface area contributed by atoms with E-state index >= 15 is 0 Å². The molecule has 1 rings (SSSR count). The molecule has 0 N–H and O–H groups in total. The van der Waals surface area contributed by atoms with Crippen LogP contribution < -0.4 is 4.74 Å². The number of benzene rings is 1. The topological polar surface area (TPSA) is 139 Å². The summed E-state index contributed by atoms with van der Waals surface area (Å²) in [5.74, 6) is -0.224. The summed E-state index contributed by atoms with van der Waals surface area (Å²) in [4.78, 5) is 29.3. The molecule has 0 unspecified atom stereocenters. The molecule has 0 spiro atoms. The molecule has 0 bridgehead atoms. The van der Waals surface area contributed by atoms with Crippen LogP contribution in [0, 0.1) is 30.3 Å². The molecule has 1 aromatic rings. The van der Waals surface area contributed by atoms with Crippen LogP contribution in [0.3, 0.4) is 0 Å². The van der Waals surface area contributed by atoms with Crippen LogP contribution in [0.25, 0.3) is 6.08 Å². The first kappa shape index (κ1) is 14.0. The molecule has 0 saturated heterocycles. The molecular formula is C9H7N3O7. The van der Waals surface area contributed by atoms with Crippen molar-refractivity contribution >= 4 is 17.5 Å². The third-order valence-electron chi connectivity index (χ3n) is 2.12. The standard InChI is InChI=1S/C9H7N3O7/c1-19-8-3-2-7(11(15)16)6(4-5-10(13)14)9(8)12(17)18/h2-5H,1H3. The molecule has 100 valence electrons. The lowest BCUT2D eigenvalue weighted by molar-refractivity contribution is -0.402. The Bertz CT molecular complexity index is 581. The number of nitro groups is 3. The van der Waals surface area contributed by atoms with Crippen molar-refractivity contribution in [1.29, 1.82) is 0 Å². The van der Waals surface area contributed by atoms with Crippen LogP contribution in [0.15, 0.2) is 18.3 Å². The fraction of sp³-hybridized carbons (Fsp3) is 0.111. The quantitative estimate of drug-likeness (QED) is 0.585. The minimum absolute atomic E-state index is 0.224. The van der Waals surface area contributed by atoms with E-state index in [2.05, 4.69) is 0 Å². The zero-order valence-electron chi connectivity index (χ0n) is 9.51.